The number of benzene rings is 4. The van der Waals surface area contributed by atoms with Crippen molar-refractivity contribution in [2.75, 3.05) is 0 Å². The summed E-state index contributed by atoms with van der Waals surface area (Å²) in [5, 5.41) is 26.5. The number of nitrogens with zero attached hydrogens (tertiary/aromatic N) is 3. The van der Waals surface area contributed by atoms with Crippen LogP contribution in [-0.4, -0.2) is 24.8 Å². The van der Waals surface area contributed by atoms with Crippen LogP contribution in [0.2, 0.25) is 0 Å². The predicted octanol–water partition coefficient (Wildman–Crippen LogP) is 6.60. The second kappa shape index (κ2) is 6.84. The zero-order chi connectivity index (χ0) is 22.9. The number of nitrogens with one attached hydrogen (secondary N) is 2. The van der Waals surface area contributed by atoms with E-state index in [9.17, 15) is 20.2 Å². The van der Waals surface area contributed by atoms with Crippen LogP contribution in [0.3, 0.4) is 0 Å². The number of non-ortho nitro benzene ring substituents is 2. The lowest BCUT2D eigenvalue weighted by Crippen LogP contribution is -1.91. The highest BCUT2D eigenvalue weighted by Gasteiger charge is 2.20. The normalized spacial score (nSPS) is 11.7. The van der Waals surface area contributed by atoms with Crippen molar-refractivity contribution in [3.05, 3.63) is 85.5 Å². The summed E-state index contributed by atoms with van der Waals surface area (Å²) in [6.45, 7) is 0. The van der Waals surface area contributed by atoms with Crippen molar-refractivity contribution < 1.29 is 9.85 Å². The third-order valence-electron chi connectivity index (χ3n) is 5.85. The molecule has 2 aromatic heterocycles. The molecule has 2 N–H and O–H groups in total. The Bertz CT molecular complexity index is 1710. The molecule has 0 fully saturated rings. The van der Waals surface area contributed by atoms with E-state index < -0.39 is 9.85 Å². The second-order valence-electron chi connectivity index (χ2n) is 7.68. The summed E-state index contributed by atoms with van der Waals surface area (Å²) < 4.78 is 0.911. The Hall–Kier alpha value is -4.31. The van der Waals surface area contributed by atoms with Crippen molar-refractivity contribution in [3.8, 4) is 11.4 Å². The molecule has 0 aliphatic carbocycles. The molecule has 6 rings (SSSR count). The van der Waals surface area contributed by atoms with Gasteiger partial charge in [-0.2, -0.15) is 0 Å². The second-order valence-corrected chi connectivity index (χ2v) is 8.59. The Morgan fingerprint density at radius 1 is 0.788 bits per heavy atom. The molecule has 0 saturated carbocycles. The van der Waals surface area contributed by atoms with E-state index in [1.54, 1.807) is 12.1 Å². The maximum Gasteiger partial charge on any atom is 0.270 e. The van der Waals surface area contributed by atoms with Crippen LogP contribution in [0.25, 0.3) is 54.9 Å². The number of nitro benzene ring substituents is 2. The van der Waals surface area contributed by atoms with Gasteiger partial charge in [0.25, 0.3) is 11.4 Å². The molecule has 0 spiro atoms. The standard InChI is InChI=1S/C23H12BrN5O4/c24-11-1-6-20-16(7-11)19(10-25-20)23-26-21-17-8-12(28(30)31)2-4-14(17)15-5-3-13(29(32)33)9-18(15)22(21)27-23/h1-10,25H,(H,26,27). The van der Waals surface area contributed by atoms with Crippen molar-refractivity contribution in [1.82, 2.24) is 15.0 Å². The van der Waals surface area contributed by atoms with Crippen LogP contribution in [0.15, 0.2) is 65.3 Å². The summed E-state index contributed by atoms with van der Waals surface area (Å²) in [4.78, 5) is 33.3. The van der Waals surface area contributed by atoms with Gasteiger partial charge in [0.15, 0.2) is 0 Å². The van der Waals surface area contributed by atoms with Gasteiger partial charge in [-0.3, -0.25) is 20.2 Å². The van der Waals surface area contributed by atoms with Gasteiger partial charge in [0.05, 0.1) is 20.9 Å². The highest BCUT2D eigenvalue weighted by Crippen LogP contribution is 2.39. The van der Waals surface area contributed by atoms with E-state index in [1.807, 2.05) is 24.4 Å². The average molecular weight is 502 g/mol. The molecular weight excluding hydrogens is 490 g/mol. The lowest BCUT2D eigenvalue weighted by atomic mass is 9.99. The van der Waals surface area contributed by atoms with Gasteiger partial charge >= 0.3 is 0 Å². The molecular formula is C23H12BrN5O4. The first kappa shape index (κ1) is 19.4. The molecule has 10 heteroatoms. The number of aromatic amines is 2. The minimum atomic E-state index is -0.448. The molecule has 0 bridgehead atoms. The van der Waals surface area contributed by atoms with Crippen molar-refractivity contribution >= 4 is 70.8 Å². The zero-order valence-electron chi connectivity index (χ0n) is 16.6. The quantitative estimate of drug-likeness (QED) is 0.160. The number of halogens is 1. The van der Waals surface area contributed by atoms with Gasteiger partial charge in [-0.1, -0.05) is 15.9 Å². The first-order valence-corrected chi connectivity index (χ1v) is 10.6. The van der Waals surface area contributed by atoms with E-state index in [1.165, 1.54) is 24.3 Å². The summed E-state index contributed by atoms with van der Waals surface area (Å²) in [7, 11) is 0. The van der Waals surface area contributed by atoms with E-state index in [0.717, 1.165) is 31.7 Å². The first-order chi connectivity index (χ1) is 15.9. The Balaban J connectivity index is 1.76. The lowest BCUT2D eigenvalue weighted by molar-refractivity contribution is -0.384. The fourth-order valence-corrected chi connectivity index (χ4v) is 4.70. The smallest absolute Gasteiger partial charge is 0.270 e. The Labute approximate surface area is 192 Å². The van der Waals surface area contributed by atoms with Crippen molar-refractivity contribution in [2.24, 2.45) is 0 Å². The van der Waals surface area contributed by atoms with Gasteiger partial charge in [-0.15, -0.1) is 0 Å². The number of rotatable bonds is 3. The van der Waals surface area contributed by atoms with Gasteiger partial charge in [-0.25, -0.2) is 4.98 Å². The Morgan fingerprint density at radius 2 is 1.45 bits per heavy atom. The van der Waals surface area contributed by atoms with Gasteiger partial charge in [0.2, 0.25) is 0 Å². The SMILES string of the molecule is O=[N+]([O-])c1ccc2c3ccc([N+](=O)[O-])cc3c3[nH]c(-c4c[nH]c5ccc(Br)cc45)nc3c2c1. The molecule has 0 atom stereocenters. The molecule has 160 valence electrons. The van der Waals surface area contributed by atoms with Crippen LogP contribution in [0.4, 0.5) is 11.4 Å². The summed E-state index contributed by atoms with van der Waals surface area (Å²) in [5.74, 6) is 0.557. The summed E-state index contributed by atoms with van der Waals surface area (Å²) in [6.07, 6.45) is 1.84. The van der Waals surface area contributed by atoms with E-state index >= 15 is 0 Å². The number of hydrogen-bond acceptors (Lipinski definition) is 5. The number of hydrogen-bond donors (Lipinski definition) is 2. The maximum absolute atomic E-state index is 11.4. The molecule has 0 aliphatic heterocycles. The number of aromatic nitrogens is 3. The molecule has 0 unspecified atom stereocenters. The van der Waals surface area contributed by atoms with E-state index in [4.69, 9.17) is 4.98 Å². The monoisotopic (exact) mass is 501 g/mol. The summed E-state index contributed by atoms with van der Waals surface area (Å²) in [5.41, 5.74) is 2.75. The molecule has 2 heterocycles. The van der Waals surface area contributed by atoms with Gasteiger partial charge in [0.1, 0.15) is 5.82 Å². The third kappa shape index (κ3) is 2.88. The molecule has 6 aromatic rings. The largest absolute Gasteiger partial charge is 0.360 e. The Morgan fingerprint density at radius 3 is 2.15 bits per heavy atom. The number of nitro groups is 2. The molecule has 0 saturated heterocycles. The highest BCUT2D eigenvalue weighted by atomic mass is 79.9. The zero-order valence-corrected chi connectivity index (χ0v) is 18.2. The number of H-pyrrole nitrogens is 2. The van der Waals surface area contributed by atoms with E-state index in [2.05, 4.69) is 25.9 Å². The van der Waals surface area contributed by atoms with Crippen LogP contribution in [-0.2, 0) is 0 Å². The number of fused-ring (bicyclic) bond motifs is 7. The molecule has 33 heavy (non-hydrogen) atoms. The summed E-state index contributed by atoms with van der Waals surface area (Å²) in [6, 6.07) is 15.1. The van der Waals surface area contributed by atoms with Crippen molar-refractivity contribution in [1.29, 1.82) is 0 Å². The van der Waals surface area contributed by atoms with Gasteiger partial charge < -0.3 is 9.97 Å². The molecule has 0 aliphatic rings. The minimum absolute atomic E-state index is 0.0442. The fourth-order valence-electron chi connectivity index (χ4n) is 4.34. The van der Waals surface area contributed by atoms with Crippen LogP contribution in [0.5, 0.6) is 0 Å². The molecule has 4 aromatic carbocycles. The van der Waals surface area contributed by atoms with Gasteiger partial charge in [-0.05, 0) is 41.1 Å². The van der Waals surface area contributed by atoms with Crippen molar-refractivity contribution in [2.45, 2.75) is 0 Å². The summed E-state index contributed by atoms with van der Waals surface area (Å²) >= 11 is 3.49. The third-order valence-corrected chi connectivity index (χ3v) is 6.34. The van der Waals surface area contributed by atoms with E-state index in [0.29, 0.717) is 27.6 Å². The van der Waals surface area contributed by atoms with Crippen LogP contribution < -0.4 is 0 Å². The topological polar surface area (TPSA) is 131 Å². The molecule has 9 nitrogen and oxygen atoms in total. The Kier molecular flexibility index (Phi) is 4.02. The predicted molar refractivity (Wildman–Crippen MR) is 129 cm³/mol. The van der Waals surface area contributed by atoms with Crippen LogP contribution in [0, 0.1) is 20.2 Å². The van der Waals surface area contributed by atoms with Gasteiger partial charge in [0, 0.05) is 62.2 Å². The molecule has 0 radical (unpaired) electrons. The van der Waals surface area contributed by atoms with E-state index in [-0.39, 0.29) is 11.4 Å². The van der Waals surface area contributed by atoms with Crippen molar-refractivity contribution in [3.63, 3.8) is 0 Å². The highest BCUT2D eigenvalue weighted by molar-refractivity contribution is 9.10. The molecule has 0 amide bonds. The van der Waals surface area contributed by atoms with Crippen LogP contribution >= 0.6 is 15.9 Å². The first-order valence-electron chi connectivity index (χ1n) is 9.86. The lowest BCUT2D eigenvalue weighted by Gasteiger charge is -2.06. The fraction of sp³-hybridized carbons (Fsp3) is 0. The average Bonchev–Trinajstić information content (AvgIpc) is 3.42. The number of imidazole rings is 1. The maximum atomic E-state index is 11.4. The van der Waals surface area contributed by atoms with Crippen LogP contribution in [0.1, 0.15) is 0 Å². The minimum Gasteiger partial charge on any atom is -0.360 e.